The van der Waals surface area contributed by atoms with Crippen LogP contribution >= 0.6 is 11.3 Å². The number of nitrogens with zero attached hydrogens (tertiary/aromatic N) is 3. The molecule has 0 unspecified atom stereocenters. The first kappa shape index (κ1) is 17.5. The van der Waals surface area contributed by atoms with Gasteiger partial charge in [-0.25, -0.2) is 0 Å². The zero-order valence-corrected chi connectivity index (χ0v) is 16.1. The molecular weight excluding hydrogens is 378 g/mol. The van der Waals surface area contributed by atoms with Gasteiger partial charge in [-0.05, 0) is 68.4 Å². The van der Waals surface area contributed by atoms with Crippen molar-refractivity contribution in [3.63, 3.8) is 0 Å². The molecule has 4 aliphatic rings. The first-order valence-electron chi connectivity index (χ1n) is 9.61. The van der Waals surface area contributed by atoms with Crippen LogP contribution in [0.1, 0.15) is 53.9 Å². The van der Waals surface area contributed by atoms with Gasteiger partial charge in [-0.1, -0.05) is 11.3 Å². The number of nitrogen functional groups attached to an aromatic ring is 1. The molecule has 1 heterocycles. The Morgan fingerprint density at radius 3 is 2.43 bits per heavy atom. The van der Waals surface area contributed by atoms with E-state index >= 15 is 0 Å². The fourth-order valence-corrected chi connectivity index (χ4v) is 6.83. The number of anilines is 2. The Kier molecular flexibility index (Phi) is 3.90. The predicted octanol–water partition coefficient (Wildman–Crippen LogP) is 3.75. The molecule has 0 atom stereocenters. The fraction of sp³-hybridized carbons (Fsp3) is 0.526. The number of nitrogens with two attached hydrogens (primary N) is 1. The smallest absolute Gasteiger partial charge is 0.292 e. The minimum Gasteiger partial charge on any atom is -0.393 e. The first-order valence-corrected chi connectivity index (χ1v) is 10.4. The summed E-state index contributed by atoms with van der Waals surface area (Å²) in [5.74, 6) is 1.98. The molecule has 0 saturated heterocycles. The highest BCUT2D eigenvalue weighted by Crippen LogP contribution is 2.61. The third-order valence-electron chi connectivity index (χ3n) is 6.63. The molecule has 4 bridgehead atoms. The van der Waals surface area contributed by atoms with Gasteiger partial charge < -0.3 is 5.73 Å². The molecule has 4 aliphatic carbocycles. The molecule has 1 amide bonds. The number of nitro benzene ring substituents is 1. The summed E-state index contributed by atoms with van der Waals surface area (Å²) >= 11 is 1.45. The van der Waals surface area contributed by atoms with Crippen molar-refractivity contribution in [3.05, 3.63) is 38.9 Å². The minimum atomic E-state index is -0.595. The minimum absolute atomic E-state index is 0.0292. The van der Waals surface area contributed by atoms with E-state index in [2.05, 4.69) is 15.5 Å². The van der Waals surface area contributed by atoms with Gasteiger partial charge in [0.15, 0.2) is 0 Å². The Morgan fingerprint density at radius 2 is 1.82 bits per heavy atom. The normalized spacial score (nSPS) is 30.4. The van der Waals surface area contributed by atoms with Gasteiger partial charge in [0.25, 0.3) is 11.6 Å². The van der Waals surface area contributed by atoms with E-state index in [0.717, 1.165) is 22.8 Å². The van der Waals surface area contributed by atoms with Crippen LogP contribution in [0, 0.1) is 27.9 Å². The molecule has 28 heavy (non-hydrogen) atoms. The maximum atomic E-state index is 12.5. The number of hydrogen-bond donors (Lipinski definition) is 2. The quantitative estimate of drug-likeness (QED) is 0.458. The summed E-state index contributed by atoms with van der Waals surface area (Å²) in [5, 5.41) is 23.9. The number of carbonyl (C=O) groups is 1. The van der Waals surface area contributed by atoms with Crippen molar-refractivity contribution < 1.29 is 9.72 Å². The van der Waals surface area contributed by atoms with Crippen molar-refractivity contribution in [2.24, 2.45) is 17.8 Å². The summed E-state index contributed by atoms with van der Waals surface area (Å²) < 4.78 is 0. The average Bonchev–Trinajstić information content (AvgIpc) is 3.10. The van der Waals surface area contributed by atoms with Crippen LogP contribution in [0.5, 0.6) is 0 Å². The highest BCUT2D eigenvalue weighted by molar-refractivity contribution is 7.15. The Bertz CT molecular complexity index is 937. The molecule has 146 valence electrons. The van der Waals surface area contributed by atoms with Gasteiger partial charge in [0.2, 0.25) is 5.13 Å². The number of rotatable bonds is 4. The maximum Gasteiger partial charge on any atom is 0.292 e. The standard InChI is InChI=1S/C19H21N5O3S/c20-14-2-1-13(6-15(14)24(26)27)16(25)21-18-23-22-17(28-18)19-7-10-3-11(8-19)5-12(4-10)9-19/h1-2,6,10-12H,3-5,7-9,20H2,(H,21,23,25). The highest BCUT2D eigenvalue weighted by Gasteiger charge is 2.53. The third kappa shape index (κ3) is 2.85. The number of nitro groups is 1. The molecule has 0 radical (unpaired) electrons. The molecule has 3 N–H and O–H groups in total. The fourth-order valence-electron chi connectivity index (χ4n) is 5.87. The van der Waals surface area contributed by atoms with Crippen molar-refractivity contribution in [3.8, 4) is 0 Å². The molecule has 1 aromatic carbocycles. The van der Waals surface area contributed by atoms with E-state index < -0.39 is 10.8 Å². The van der Waals surface area contributed by atoms with Crippen LogP contribution in [-0.4, -0.2) is 21.0 Å². The lowest BCUT2D eigenvalue weighted by Crippen LogP contribution is -2.48. The molecular formula is C19H21N5O3S. The SMILES string of the molecule is Nc1ccc(C(=O)Nc2nnc(C34CC5CC(CC(C5)C3)C4)s2)cc1[N+](=O)[O-]. The summed E-state index contributed by atoms with van der Waals surface area (Å²) in [4.78, 5) is 23.0. The lowest BCUT2D eigenvalue weighted by atomic mass is 9.50. The van der Waals surface area contributed by atoms with Crippen molar-refractivity contribution in [1.82, 2.24) is 10.2 Å². The van der Waals surface area contributed by atoms with Crippen LogP contribution in [0.4, 0.5) is 16.5 Å². The second kappa shape index (κ2) is 6.23. The number of nitrogens with one attached hydrogen (secondary N) is 1. The van der Waals surface area contributed by atoms with Crippen LogP contribution < -0.4 is 11.1 Å². The number of aromatic nitrogens is 2. The Labute approximate surface area is 165 Å². The second-order valence-corrected chi connectivity index (χ2v) is 9.57. The first-order chi connectivity index (χ1) is 13.4. The van der Waals surface area contributed by atoms with Gasteiger partial charge >= 0.3 is 0 Å². The zero-order valence-electron chi connectivity index (χ0n) is 15.3. The van der Waals surface area contributed by atoms with Crippen LogP contribution in [0.3, 0.4) is 0 Å². The van der Waals surface area contributed by atoms with Crippen molar-refractivity contribution >= 4 is 33.8 Å². The van der Waals surface area contributed by atoms with E-state index in [0.29, 0.717) is 5.13 Å². The van der Waals surface area contributed by atoms with E-state index in [4.69, 9.17) is 5.73 Å². The summed E-state index contributed by atoms with van der Waals surface area (Å²) in [6.07, 6.45) is 7.63. The average molecular weight is 399 g/mol. The van der Waals surface area contributed by atoms with E-state index in [1.807, 2.05) is 0 Å². The van der Waals surface area contributed by atoms with Gasteiger partial charge in [-0.2, -0.15) is 0 Å². The van der Waals surface area contributed by atoms with Gasteiger partial charge in [0.05, 0.1) is 4.92 Å². The molecule has 1 aromatic heterocycles. The summed E-state index contributed by atoms with van der Waals surface area (Å²) in [5.41, 5.74) is 5.66. The Balaban J connectivity index is 1.35. The summed E-state index contributed by atoms with van der Waals surface area (Å²) in [7, 11) is 0. The number of benzene rings is 1. The summed E-state index contributed by atoms with van der Waals surface area (Å²) in [6, 6.07) is 4.03. The Hall–Kier alpha value is -2.55. The molecule has 4 fully saturated rings. The van der Waals surface area contributed by atoms with Gasteiger partial charge in [-0.15, -0.1) is 10.2 Å². The highest BCUT2D eigenvalue weighted by atomic mass is 32.1. The van der Waals surface area contributed by atoms with Crippen LogP contribution in [0.15, 0.2) is 18.2 Å². The molecule has 0 aliphatic heterocycles. The van der Waals surface area contributed by atoms with Crippen LogP contribution in [0.2, 0.25) is 0 Å². The van der Waals surface area contributed by atoms with Crippen molar-refractivity contribution in [2.45, 2.75) is 43.9 Å². The molecule has 0 spiro atoms. The second-order valence-electron chi connectivity index (χ2n) is 8.60. The lowest BCUT2D eigenvalue weighted by Gasteiger charge is -2.55. The molecule has 6 rings (SSSR count). The van der Waals surface area contributed by atoms with Gasteiger partial charge in [0, 0.05) is 17.0 Å². The Morgan fingerprint density at radius 1 is 1.18 bits per heavy atom. The van der Waals surface area contributed by atoms with Crippen LogP contribution in [-0.2, 0) is 5.41 Å². The van der Waals surface area contributed by atoms with E-state index in [-0.39, 0.29) is 22.4 Å². The maximum absolute atomic E-state index is 12.5. The van der Waals surface area contributed by atoms with Gasteiger partial charge in [0.1, 0.15) is 10.7 Å². The number of carbonyl (C=O) groups excluding carboxylic acids is 1. The predicted molar refractivity (Wildman–Crippen MR) is 105 cm³/mol. The zero-order chi connectivity index (χ0) is 19.5. The van der Waals surface area contributed by atoms with Crippen molar-refractivity contribution in [1.29, 1.82) is 0 Å². The topological polar surface area (TPSA) is 124 Å². The van der Waals surface area contributed by atoms with E-state index in [1.165, 1.54) is 68.1 Å². The van der Waals surface area contributed by atoms with Crippen LogP contribution in [0.25, 0.3) is 0 Å². The van der Waals surface area contributed by atoms with Gasteiger partial charge in [-0.3, -0.25) is 20.2 Å². The monoisotopic (exact) mass is 399 g/mol. The van der Waals surface area contributed by atoms with Crippen molar-refractivity contribution in [2.75, 3.05) is 11.1 Å². The van der Waals surface area contributed by atoms with E-state index in [1.54, 1.807) is 0 Å². The summed E-state index contributed by atoms with van der Waals surface area (Å²) in [6.45, 7) is 0. The number of hydrogen-bond acceptors (Lipinski definition) is 7. The molecule has 9 heteroatoms. The van der Waals surface area contributed by atoms with E-state index in [9.17, 15) is 14.9 Å². The lowest BCUT2D eigenvalue weighted by molar-refractivity contribution is -0.383. The largest absolute Gasteiger partial charge is 0.393 e. The third-order valence-corrected chi connectivity index (χ3v) is 7.71. The number of amides is 1. The molecule has 2 aromatic rings. The molecule has 8 nitrogen and oxygen atoms in total. The molecule has 4 saturated carbocycles.